The van der Waals surface area contributed by atoms with Gasteiger partial charge in [0.25, 0.3) is 5.91 Å². The van der Waals surface area contributed by atoms with Crippen LogP contribution in [0, 0.1) is 6.92 Å². The number of hydrogen-bond donors (Lipinski definition) is 1. The monoisotopic (exact) mass is 368 g/mol. The topological polar surface area (TPSA) is 42.0 Å². The number of anilines is 1. The average molecular weight is 370 g/mol. The van der Waals surface area contributed by atoms with Gasteiger partial charge in [0, 0.05) is 20.7 Å². The summed E-state index contributed by atoms with van der Waals surface area (Å²) < 4.78 is 1.79. The minimum atomic E-state index is -0.175. The Morgan fingerprint density at radius 3 is 2.61 bits per heavy atom. The number of carbonyl (C=O) groups is 1. The molecule has 0 spiro atoms. The molecule has 3 nitrogen and oxygen atoms in total. The minimum absolute atomic E-state index is 0.175. The zero-order valence-electron chi connectivity index (χ0n) is 9.58. The zero-order valence-corrected chi connectivity index (χ0v) is 12.7. The molecule has 1 aromatic carbocycles. The first-order chi connectivity index (χ1) is 8.56. The second kappa shape index (κ2) is 5.63. The van der Waals surface area contributed by atoms with Gasteiger partial charge < -0.3 is 5.32 Å². The van der Waals surface area contributed by atoms with Crippen molar-refractivity contribution in [1.29, 1.82) is 0 Å². The van der Waals surface area contributed by atoms with Gasteiger partial charge in [-0.2, -0.15) is 0 Å². The second-order valence-corrected chi connectivity index (χ2v) is 5.55. The highest BCUT2D eigenvalue weighted by Crippen LogP contribution is 2.18. The van der Waals surface area contributed by atoms with Crippen molar-refractivity contribution in [3.63, 3.8) is 0 Å². The van der Waals surface area contributed by atoms with Gasteiger partial charge >= 0.3 is 0 Å². The van der Waals surface area contributed by atoms with Crippen molar-refractivity contribution < 1.29 is 4.79 Å². The summed E-state index contributed by atoms with van der Waals surface area (Å²) in [4.78, 5) is 16.1. The highest BCUT2D eigenvalue weighted by atomic mass is 79.9. The molecule has 0 fully saturated rings. The smallest absolute Gasteiger partial charge is 0.256 e. The van der Waals surface area contributed by atoms with E-state index in [0.717, 1.165) is 14.5 Å². The summed E-state index contributed by atoms with van der Waals surface area (Å²) in [6, 6.07) is 9.05. The van der Waals surface area contributed by atoms with E-state index < -0.39 is 0 Å². The molecule has 1 N–H and O–H groups in total. The fourth-order valence-electron chi connectivity index (χ4n) is 1.37. The third-order valence-corrected chi connectivity index (χ3v) is 3.73. The molecule has 0 unspecified atom stereocenters. The highest BCUT2D eigenvalue weighted by Gasteiger charge is 2.08. The molecule has 2 rings (SSSR count). The molecule has 0 atom stereocenters. The Bertz CT molecular complexity index is 582. The number of aromatic nitrogens is 1. The quantitative estimate of drug-likeness (QED) is 0.863. The van der Waals surface area contributed by atoms with Gasteiger partial charge in [-0.1, -0.05) is 22.0 Å². The van der Waals surface area contributed by atoms with Crippen molar-refractivity contribution in [2.75, 3.05) is 5.32 Å². The van der Waals surface area contributed by atoms with E-state index in [0.29, 0.717) is 11.4 Å². The Labute approximate surface area is 122 Å². The molecular formula is C13H10Br2N2O. The maximum absolute atomic E-state index is 12.0. The van der Waals surface area contributed by atoms with E-state index in [2.05, 4.69) is 42.2 Å². The van der Waals surface area contributed by atoms with Crippen LogP contribution in [0.4, 0.5) is 5.82 Å². The lowest BCUT2D eigenvalue weighted by Gasteiger charge is -2.06. The molecule has 92 valence electrons. The van der Waals surface area contributed by atoms with Crippen LogP contribution < -0.4 is 5.32 Å². The maximum Gasteiger partial charge on any atom is 0.256 e. The SMILES string of the molecule is Cc1ccc(C(=O)Nc2ccc(Br)cn2)cc1Br. The molecule has 0 radical (unpaired) electrons. The summed E-state index contributed by atoms with van der Waals surface area (Å²) in [6.07, 6.45) is 1.64. The summed E-state index contributed by atoms with van der Waals surface area (Å²) in [6.45, 7) is 1.97. The number of aryl methyl sites for hydroxylation is 1. The molecule has 18 heavy (non-hydrogen) atoms. The van der Waals surface area contributed by atoms with Gasteiger partial charge in [-0.15, -0.1) is 0 Å². The van der Waals surface area contributed by atoms with Gasteiger partial charge in [0.2, 0.25) is 0 Å². The normalized spacial score (nSPS) is 10.2. The van der Waals surface area contributed by atoms with Crippen molar-refractivity contribution in [2.45, 2.75) is 6.92 Å². The lowest BCUT2D eigenvalue weighted by Crippen LogP contribution is -2.12. The van der Waals surface area contributed by atoms with E-state index >= 15 is 0 Å². The molecule has 0 saturated heterocycles. The van der Waals surface area contributed by atoms with Crippen molar-refractivity contribution in [3.8, 4) is 0 Å². The van der Waals surface area contributed by atoms with Crippen molar-refractivity contribution in [2.24, 2.45) is 0 Å². The van der Waals surface area contributed by atoms with Crippen molar-refractivity contribution >= 4 is 43.6 Å². The third kappa shape index (κ3) is 3.17. The van der Waals surface area contributed by atoms with Crippen LogP contribution in [0.3, 0.4) is 0 Å². The first-order valence-corrected chi connectivity index (χ1v) is 6.84. The van der Waals surface area contributed by atoms with Crippen LogP contribution in [0.15, 0.2) is 45.5 Å². The fourth-order valence-corrected chi connectivity index (χ4v) is 1.99. The van der Waals surface area contributed by atoms with E-state index in [1.807, 2.05) is 19.1 Å². The number of rotatable bonds is 2. The molecule has 5 heteroatoms. The Morgan fingerprint density at radius 2 is 2.00 bits per heavy atom. The number of pyridine rings is 1. The van der Waals surface area contributed by atoms with Gasteiger partial charge in [-0.05, 0) is 52.7 Å². The lowest BCUT2D eigenvalue weighted by atomic mass is 10.1. The Hall–Kier alpha value is -1.20. The first-order valence-electron chi connectivity index (χ1n) is 5.25. The first kappa shape index (κ1) is 13.2. The summed E-state index contributed by atoms with van der Waals surface area (Å²) in [5.74, 6) is 0.352. The molecule has 1 heterocycles. The van der Waals surface area contributed by atoms with E-state index in [1.165, 1.54) is 0 Å². The van der Waals surface area contributed by atoms with Gasteiger partial charge in [-0.25, -0.2) is 4.98 Å². The Kier molecular flexibility index (Phi) is 4.14. The molecule has 0 aliphatic heterocycles. The van der Waals surface area contributed by atoms with Gasteiger partial charge in [0.05, 0.1) is 0 Å². The highest BCUT2D eigenvalue weighted by molar-refractivity contribution is 9.10. The zero-order chi connectivity index (χ0) is 13.1. The van der Waals surface area contributed by atoms with E-state index in [-0.39, 0.29) is 5.91 Å². The summed E-state index contributed by atoms with van der Waals surface area (Å²) in [7, 11) is 0. The van der Waals surface area contributed by atoms with E-state index in [9.17, 15) is 4.79 Å². The molecule has 0 aliphatic rings. The number of nitrogens with zero attached hydrogens (tertiary/aromatic N) is 1. The van der Waals surface area contributed by atoms with Crippen LogP contribution >= 0.6 is 31.9 Å². The number of amides is 1. The third-order valence-electron chi connectivity index (χ3n) is 2.40. The van der Waals surface area contributed by atoms with E-state index in [1.54, 1.807) is 24.4 Å². The van der Waals surface area contributed by atoms with Crippen LogP contribution in [0.2, 0.25) is 0 Å². The van der Waals surface area contributed by atoms with E-state index in [4.69, 9.17) is 0 Å². The predicted octanol–water partition coefficient (Wildman–Crippen LogP) is 4.17. The lowest BCUT2D eigenvalue weighted by molar-refractivity contribution is 0.102. The van der Waals surface area contributed by atoms with Crippen LogP contribution in [0.1, 0.15) is 15.9 Å². The molecule has 2 aromatic rings. The fraction of sp³-hybridized carbons (Fsp3) is 0.0769. The number of hydrogen-bond acceptors (Lipinski definition) is 2. The number of halogens is 2. The van der Waals surface area contributed by atoms with Crippen molar-refractivity contribution in [1.82, 2.24) is 4.98 Å². The molecule has 1 aromatic heterocycles. The average Bonchev–Trinajstić information content (AvgIpc) is 2.35. The second-order valence-electron chi connectivity index (χ2n) is 3.78. The number of benzene rings is 1. The molecule has 0 saturated carbocycles. The van der Waals surface area contributed by atoms with Crippen molar-refractivity contribution in [3.05, 3.63) is 56.6 Å². The standard InChI is InChI=1S/C13H10Br2N2O/c1-8-2-3-9(6-11(8)15)13(18)17-12-5-4-10(14)7-16-12/h2-7H,1H3,(H,16,17,18). The molecule has 0 bridgehead atoms. The van der Waals surface area contributed by atoms with Crippen LogP contribution in [-0.4, -0.2) is 10.9 Å². The van der Waals surface area contributed by atoms with Crippen LogP contribution in [0.25, 0.3) is 0 Å². The van der Waals surface area contributed by atoms with Gasteiger partial charge in [-0.3, -0.25) is 4.79 Å². The molecule has 1 amide bonds. The maximum atomic E-state index is 12.0. The largest absolute Gasteiger partial charge is 0.307 e. The number of nitrogens with one attached hydrogen (secondary N) is 1. The summed E-state index contributed by atoms with van der Waals surface area (Å²) in [5.41, 5.74) is 1.69. The summed E-state index contributed by atoms with van der Waals surface area (Å²) >= 11 is 6.70. The van der Waals surface area contributed by atoms with Crippen LogP contribution in [0.5, 0.6) is 0 Å². The molecular weight excluding hydrogens is 360 g/mol. The molecule has 0 aliphatic carbocycles. The van der Waals surface area contributed by atoms with Crippen LogP contribution in [-0.2, 0) is 0 Å². The van der Waals surface area contributed by atoms with Gasteiger partial charge in [0.15, 0.2) is 0 Å². The Morgan fingerprint density at radius 1 is 1.22 bits per heavy atom. The summed E-state index contributed by atoms with van der Waals surface area (Å²) in [5, 5.41) is 2.74. The minimum Gasteiger partial charge on any atom is -0.307 e. The van der Waals surface area contributed by atoms with Gasteiger partial charge in [0.1, 0.15) is 5.82 Å². The Balaban J connectivity index is 2.16. The predicted molar refractivity (Wildman–Crippen MR) is 78.8 cm³/mol. The number of carbonyl (C=O) groups excluding carboxylic acids is 1.